The Bertz CT molecular complexity index is 1260. The van der Waals surface area contributed by atoms with E-state index in [1.54, 1.807) is 30.3 Å². The number of nitrogens with one attached hydrogen (secondary N) is 2. The summed E-state index contributed by atoms with van der Waals surface area (Å²) in [5.74, 6) is 0.875. The molecule has 38 heavy (non-hydrogen) atoms. The summed E-state index contributed by atoms with van der Waals surface area (Å²) in [6.45, 7) is 2.69. The maximum Gasteiger partial charge on any atom is 0.296 e. The molecule has 1 aliphatic heterocycles. The minimum absolute atomic E-state index is 0.0381. The lowest BCUT2D eigenvalue weighted by Gasteiger charge is -2.33. The van der Waals surface area contributed by atoms with Gasteiger partial charge in [0.25, 0.3) is 6.43 Å². The molecule has 1 saturated heterocycles. The zero-order valence-electron chi connectivity index (χ0n) is 21.7. The largest absolute Gasteiger partial charge is 0.378 e. The number of imidazole rings is 1. The van der Waals surface area contributed by atoms with E-state index in [9.17, 15) is 13.6 Å². The summed E-state index contributed by atoms with van der Waals surface area (Å²) in [4.78, 5) is 30.1. The molecule has 1 amide bonds. The Balaban J connectivity index is 1.52. The average Bonchev–Trinajstić information content (AvgIpc) is 3.30. The third kappa shape index (κ3) is 5.86. The number of morpholine rings is 1. The van der Waals surface area contributed by atoms with E-state index in [2.05, 4.69) is 20.5 Å². The molecule has 2 atom stereocenters. The van der Waals surface area contributed by atoms with Crippen molar-refractivity contribution in [3.63, 3.8) is 0 Å². The van der Waals surface area contributed by atoms with Crippen molar-refractivity contribution in [1.82, 2.24) is 29.7 Å². The molecular weight excluding hydrogens is 494 g/mol. The van der Waals surface area contributed by atoms with Gasteiger partial charge >= 0.3 is 0 Å². The topological polar surface area (TPSA) is 100 Å². The van der Waals surface area contributed by atoms with Gasteiger partial charge in [0.2, 0.25) is 11.9 Å². The van der Waals surface area contributed by atoms with E-state index in [-0.39, 0.29) is 23.8 Å². The second kappa shape index (κ2) is 11.6. The molecule has 0 unspecified atom stereocenters. The first-order valence-electron chi connectivity index (χ1n) is 13.1. The molecular formula is C26H34F2N8O2. The van der Waals surface area contributed by atoms with E-state index in [4.69, 9.17) is 14.7 Å². The van der Waals surface area contributed by atoms with Gasteiger partial charge in [0, 0.05) is 31.2 Å². The lowest BCUT2D eigenvalue weighted by molar-refractivity contribution is -0.122. The summed E-state index contributed by atoms with van der Waals surface area (Å²) in [5.41, 5.74) is 1.02. The van der Waals surface area contributed by atoms with Gasteiger partial charge < -0.3 is 25.2 Å². The van der Waals surface area contributed by atoms with E-state index in [0.717, 1.165) is 25.7 Å². The highest BCUT2D eigenvalue weighted by Gasteiger charge is 2.29. The molecule has 204 valence electrons. The lowest BCUT2D eigenvalue weighted by atomic mass is 9.90. The zero-order chi connectivity index (χ0) is 26.6. The fourth-order valence-corrected chi connectivity index (χ4v) is 5.17. The molecule has 10 nitrogen and oxygen atoms in total. The SMILES string of the molecule is CN(C)CC(=O)N[C@H]1CCCC[C@@H]1Nc1nc(N2CCOCC2)cc(-n2c(C(F)F)nc3ccccc32)n1. The maximum absolute atomic E-state index is 14.1. The van der Waals surface area contributed by atoms with Crippen LogP contribution in [0.3, 0.4) is 0 Å². The van der Waals surface area contributed by atoms with Crippen molar-refractivity contribution in [2.45, 2.75) is 44.2 Å². The molecule has 3 heterocycles. The Morgan fingerprint density at radius 2 is 1.79 bits per heavy atom. The van der Waals surface area contributed by atoms with Crippen molar-refractivity contribution >= 4 is 28.7 Å². The smallest absolute Gasteiger partial charge is 0.296 e. The van der Waals surface area contributed by atoms with Crippen LogP contribution in [0.15, 0.2) is 30.3 Å². The van der Waals surface area contributed by atoms with Crippen molar-refractivity contribution in [2.24, 2.45) is 0 Å². The van der Waals surface area contributed by atoms with Crippen molar-refractivity contribution in [3.8, 4) is 5.82 Å². The van der Waals surface area contributed by atoms with E-state index in [1.807, 2.05) is 19.0 Å². The monoisotopic (exact) mass is 528 g/mol. The fourth-order valence-electron chi connectivity index (χ4n) is 5.17. The number of nitrogens with zero attached hydrogens (tertiary/aromatic N) is 6. The number of alkyl halides is 2. The number of ether oxygens (including phenoxy) is 1. The van der Waals surface area contributed by atoms with E-state index in [0.29, 0.717) is 61.5 Å². The predicted molar refractivity (Wildman–Crippen MR) is 141 cm³/mol. The number of carbonyl (C=O) groups excluding carboxylic acids is 1. The minimum atomic E-state index is -2.78. The van der Waals surface area contributed by atoms with Crippen LogP contribution in [0.25, 0.3) is 16.9 Å². The number of para-hydroxylation sites is 2. The van der Waals surface area contributed by atoms with Gasteiger partial charge in [-0.1, -0.05) is 25.0 Å². The highest BCUT2D eigenvalue weighted by atomic mass is 19.3. The molecule has 3 aromatic rings. The van der Waals surface area contributed by atoms with Gasteiger partial charge in [-0.3, -0.25) is 9.36 Å². The van der Waals surface area contributed by atoms with Crippen LogP contribution < -0.4 is 15.5 Å². The van der Waals surface area contributed by atoms with E-state index >= 15 is 0 Å². The van der Waals surface area contributed by atoms with Crippen LogP contribution in [0.2, 0.25) is 0 Å². The molecule has 2 fully saturated rings. The zero-order valence-corrected chi connectivity index (χ0v) is 21.7. The summed E-state index contributed by atoms with van der Waals surface area (Å²) >= 11 is 0. The van der Waals surface area contributed by atoms with Crippen molar-refractivity contribution in [1.29, 1.82) is 0 Å². The maximum atomic E-state index is 14.1. The Morgan fingerprint density at radius 1 is 1.08 bits per heavy atom. The molecule has 2 aromatic heterocycles. The van der Waals surface area contributed by atoms with Crippen LogP contribution in [-0.2, 0) is 9.53 Å². The highest BCUT2D eigenvalue weighted by molar-refractivity contribution is 5.79. The van der Waals surface area contributed by atoms with Crippen LogP contribution in [-0.4, -0.2) is 89.4 Å². The Morgan fingerprint density at radius 3 is 2.53 bits per heavy atom. The first-order valence-corrected chi connectivity index (χ1v) is 13.1. The van der Waals surface area contributed by atoms with Gasteiger partial charge in [-0.05, 0) is 39.1 Å². The van der Waals surface area contributed by atoms with Crippen LogP contribution >= 0.6 is 0 Å². The minimum Gasteiger partial charge on any atom is -0.378 e. The van der Waals surface area contributed by atoms with Gasteiger partial charge in [0.1, 0.15) is 11.6 Å². The summed E-state index contributed by atoms with van der Waals surface area (Å²) in [5, 5.41) is 6.59. The molecule has 12 heteroatoms. The molecule has 0 radical (unpaired) electrons. The second-order valence-electron chi connectivity index (χ2n) is 10.0. The van der Waals surface area contributed by atoms with Gasteiger partial charge in [-0.15, -0.1) is 0 Å². The van der Waals surface area contributed by atoms with Crippen molar-refractivity contribution in [3.05, 3.63) is 36.2 Å². The fraction of sp³-hybridized carbons (Fsp3) is 0.538. The predicted octanol–water partition coefficient (Wildman–Crippen LogP) is 2.99. The van der Waals surface area contributed by atoms with Gasteiger partial charge in [-0.2, -0.15) is 9.97 Å². The number of amides is 1. The lowest BCUT2D eigenvalue weighted by Crippen LogP contribution is -2.50. The number of carbonyl (C=O) groups is 1. The molecule has 2 N–H and O–H groups in total. The number of halogens is 2. The molecule has 2 aliphatic rings. The third-order valence-corrected chi connectivity index (χ3v) is 6.93. The van der Waals surface area contributed by atoms with Gasteiger partial charge in [-0.25, -0.2) is 13.8 Å². The van der Waals surface area contributed by atoms with Crippen LogP contribution in [0.1, 0.15) is 37.9 Å². The number of likely N-dealkylation sites (N-methyl/N-ethyl adjacent to an activating group) is 1. The first-order chi connectivity index (χ1) is 18.4. The molecule has 1 saturated carbocycles. The van der Waals surface area contributed by atoms with E-state index in [1.165, 1.54) is 4.57 Å². The number of hydrogen-bond acceptors (Lipinski definition) is 8. The number of benzene rings is 1. The van der Waals surface area contributed by atoms with Crippen molar-refractivity contribution < 1.29 is 18.3 Å². The first kappa shape index (κ1) is 26.2. The molecule has 0 bridgehead atoms. The molecule has 5 rings (SSSR count). The number of anilines is 2. The van der Waals surface area contributed by atoms with Gasteiger partial charge in [0.15, 0.2) is 5.82 Å². The quantitative estimate of drug-likeness (QED) is 0.460. The summed E-state index contributed by atoms with van der Waals surface area (Å²) in [6.07, 6.45) is 0.924. The van der Waals surface area contributed by atoms with Crippen LogP contribution in [0, 0.1) is 0 Å². The number of rotatable bonds is 8. The molecule has 1 aromatic carbocycles. The normalized spacial score (nSPS) is 20.3. The van der Waals surface area contributed by atoms with Crippen molar-refractivity contribution in [2.75, 3.05) is 57.2 Å². The Kier molecular flexibility index (Phi) is 7.98. The number of hydrogen-bond donors (Lipinski definition) is 2. The van der Waals surface area contributed by atoms with Gasteiger partial charge in [0.05, 0.1) is 30.8 Å². The Hall–Kier alpha value is -3.38. The summed E-state index contributed by atoms with van der Waals surface area (Å²) in [7, 11) is 3.71. The molecule has 1 aliphatic carbocycles. The summed E-state index contributed by atoms with van der Waals surface area (Å²) < 4.78 is 35.2. The Labute approximate surface area is 220 Å². The third-order valence-electron chi connectivity index (χ3n) is 6.93. The standard InChI is InChI=1S/C26H34F2N8O2/c1-34(2)16-23(37)29-17-7-3-4-8-18(17)31-26-32-21(35-11-13-38-14-12-35)15-22(33-26)36-20-10-6-5-9-19(20)30-25(36)24(27)28/h5-6,9-10,15,17-18,24H,3-4,7-8,11-14,16H2,1-2H3,(H,29,37)(H,31,32,33)/t17-,18-/m0/s1. The van der Waals surface area contributed by atoms with E-state index < -0.39 is 6.43 Å². The average molecular weight is 529 g/mol. The second-order valence-corrected chi connectivity index (χ2v) is 10.0. The highest BCUT2D eigenvalue weighted by Crippen LogP contribution is 2.30. The summed E-state index contributed by atoms with van der Waals surface area (Å²) in [6, 6.07) is 8.60. The van der Waals surface area contributed by atoms with Crippen LogP contribution in [0.5, 0.6) is 0 Å². The van der Waals surface area contributed by atoms with Crippen LogP contribution in [0.4, 0.5) is 20.5 Å². The number of fused-ring (bicyclic) bond motifs is 1. The molecule has 0 spiro atoms. The number of aromatic nitrogens is 4.